The average molecular weight is 582 g/mol. The van der Waals surface area contributed by atoms with Crippen LogP contribution in [0.5, 0.6) is 0 Å². The minimum Gasteiger partial charge on any atom is -0.363 e. The first-order valence-electron chi connectivity index (χ1n) is 14.0. The molecule has 0 spiro atoms. The van der Waals surface area contributed by atoms with Gasteiger partial charge < -0.3 is 10.6 Å². The molecule has 0 aliphatic heterocycles. The van der Waals surface area contributed by atoms with Crippen LogP contribution >= 0.6 is 0 Å². The second kappa shape index (κ2) is 11.1. The standard InChI is InChI=1S/C31H31N7O3S/c1-18(2)15-36-42(40,41)28-12-23-26(38-31(39)21-4-3-8-33-16-21)13-27(37-29-10-19(14-32)7-9-34-29)30(23)24-17-35-25(11-22(24)28)20-5-6-20/h3-4,7-12,16-18,20,26-27,36H,5-6,13,15H2,1-2H3,(H,34,37)(H,38,39). The number of anilines is 1. The Morgan fingerprint density at radius 1 is 1.07 bits per heavy atom. The van der Waals surface area contributed by atoms with Crippen molar-refractivity contribution < 1.29 is 13.2 Å². The quantitative estimate of drug-likeness (QED) is 0.257. The number of rotatable bonds is 9. The molecule has 4 aromatic rings. The third kappa shape index (κ3) is 5.55. The highest BCUT2D eigenvalue weighted by molar-refractivity contribution is 7.89. The summed E-state index contributed by atoms with van der Waals surface area (Å²) in [7, 11) is -3.88. The lowest BCUT2D eigenvalue weighted by Crippen LogP contribution is -2.29. The van der Waals surface area contributed by atoms with Crippen molar-refractivity contribution in [3.63, 3.8) is 0 Å². The van der Waals surface area contributed by atoms with Crippen molar-refractivity contribution in [2.24, 2.45) is 5.92 Å². The van der Waals surface area contributed by atoms with E-state index in [0.717, 1.165) is 24.1 Å². The average Bonchev–Trinajstić information content (AvgIpc) is 3.79. The molecule has 1 amide bonds. The van der Waals surface area contributed by atoms with Crippen LogP contribution < -0.4 is 15.4 Å². The molecule has 2 atom stereocenters. The van der Waals surface area contributed by atoms with Crippen LogP contribution in [0.1, 0.15) is 83.9 Å². The lowest BCUT2D eigenvalue weighted by molar-refractivity contribution is 0.0935. The predicted molar refractivity (Wildman–Crippen MR) is 158 cm³/mol. The summed E-state index contributed by atoms with van der Waals surface area (Å²) in [5, 5.41) is 17.2. The number of aromatic nitrogens is 3. The second-order valence-corrected chi connectivity index (χ2v) is 13.0. The van der Waals surface area contributed by atoms with Gasteiger partial charge in [-0.15, -0.1) is 0 Å². The number of carbonyl (C=O) groups is 1. The van der Waals surface area contributed by atoms with E-state index in [2.05, 4.69) is 31.4 Å². The maximum Gasteiger partial charge on any atom is 0.253 e. The molecule has 2 unspecified atom stereocenters. The Hall–Kier alpha value is -4.40. The SMILES string of the molecule is CC(C)CNS(=O)(=O)c1cc2c(c3cnc(C4CC4)cc13)C(Nc1cc(C#N)ccn1)CC2NC(=O)c1cccnc1. The number of nitrogens with zero attached hydrogens (tertiary/aromatic N) is 4. The molecule has 2 aliphatic rings. The number of amides is 1. The van der Waals surface area contributed by atoms with Crippen molar-refractivity contribution in [1.82, 2.24) is 25.0 Å². The van der Waals surface area contributed by atoms with Gasteiger partial charge in [0.05, 0.1) is 34.2 Å². The number of hydrogen-bond donors (Lipinski definition) is 3. The van der Waals surface area contributed by atoms with Crippen LogP contribution in [-0.4, -0.2) is 35.8 Å². The Labute approximate surface area is 244 Å². The molecular formula is C31H31N7O3S. The Morgan fingerprint density at radius 3 is 2.62 bits per heavy atom. The van der Waals surface area contributed by atoms with Gasteiger partial charge in [-0.2, -0.15) is 5.26 Å². The van der Waals surface area contributed by atoms with Crippen LogP contribution in [0.25, 0.3) is 10.8 Å². The molecule has 10 nitrogen and oxygen atoms in total. The Morgan fingerprint density at radius 2 is 1.90 bits per heavy atom. The van der Waals surface area contributed by atoms with E-state index in [4.69, 9.17) is 4.98 Å². The zero-order chi connectivity index (χ0) is 29.4. The third-order valence-corrected chi connectivity index (χ3v) is 9.14. The third-order valence-electron chi connectivity index (χ3n) is 7.68. The number of hydrogen-bond acceptors (Lipinski definition) is 8. The van der Waals surface area contributed by atoms with E-state index in [1.54, 1.807) is 48.9 Å². The van der Waals surface area contributed by atoms with E-state index < -0.39 is 16.1 Å². The summed E-state index contributed by atoms with van der Waals surface area (Å²) >= 11 is 0. The van der Waals surface area contributed by atoms with Crippen molar-refractivity contribution >= 4 is 32.5 Å². The summed E-state index contributed by atoms with van der Waals surface area (Å²) in [5.41, 5.74) is 3.30. The summed E-state index contributed by atoms with van der Waals surface area (Å²) in [6, 6.07) is 11.6. The molecule has 0 saturated heterocycles. The van der Waals surface area contributed by atoms with Gasteiger partial charge >= 0.3 is 0 Å². The molecule has 214 valence electrons. The summed E-state index contributed by atoms with van der Waals surface area (Å²) in [6.45, 7) is 4.20. The number of nitrogens with one attached hydrogen (secondary N) is 3. The molecule has 42 heavy (non-hydrogen) atoms. The summed E-state index contributed by atoms with van der Waals surface area (Å²) in [5.74, 6) is 0.658. The first-order valence-corrected chi connectivity index (χ1v) is 15.5. The second-order valence-electron chi connectivity index (χ2n) is 11.3. The molecule has 0 bridgehead atoms. The van der Waals surface area contributed by atoms with Crippen molar-refractivity contribution in [1.29, 1.82) is 5.26 Å². The lowest BCUT2D eigenvalue weighted by Gasteiger charge is -2.19. The molecule has 2 aliphatic carbocycles. The fourth-order valence-corrected chi connectivity index (χ4v) is 6.89. The highest BCUT2D eigenvalue weighted by atomic mass is 32.2. The van der Waals surface area contributed by atoms with Crippen LogP contribution in [0.4, 0.5) is 5.82 Å². The molecule has 1 saturated carbocycles. The minimum atomic E-state index is -3.88. The minimum absolute atomic E-state index is 0.126. The number of fused-ring (bicyclic) bond motifs is 3. The number of pyridine rings is 3. The smallest absolute Gasteiger partial charge is 0.253 e. The zero-order valence-corrected chi connectivity index (χ0v) is 24.1. The molecular weight excluding hydrogens is 550 g/mol. The largest absolute Gasteiger partial charge is 0.363 e. The maximum absolute atomic E-state index is 13.8. The lowest BCUT2D eigenvalue weighted by atomic mass is 9.98. The molecule has 1 aromatic carbocycles. The summed E-state index contributed by atoms with van der Waals surface area (Å²) < 4.78 is 30.3. The van der Waals surface area contributed by atoms with E-state index in [1.807, 2.05) is 19.9 Å². The van der Waals surface area contributed by atoms with E-state index in [0.29, 0.717) is 52.2 Å². The fourth-order valence-electron chi connectivity index (χ4n) is 5.44. The van der Waals surface area contributed by atoms with Crippen LogP contribution in [0.2, 0.25) is 0 Å². The van der Waals surface area contributed by atoms with E-state index in [9.17, 15) is 18.5 Å². The van der Waals surface area contributed by atoms with E-state index in [1.165, 1.54) is 6.20 Å². The predicted octanol–water partition coefficient (Wildman–Crippen LogP) is 4.74. The van der Waals surface area contributed by atoms with Gasteiger partial charge in [-0.1, -0.05) is 13.8 Å². The van der Waals surface area contributed by atoms with Crippen molar-refractivity contribution in [3.8, 4) is 6.07 Å². The van der Waals surface area contributed by atoms with Crippen LogP contribution in [0.3, 0.4) is 0 Å². The number of benzene rings is 1. The first-order chi connectivity index (χ1) is 20.2. The van der Waals surface area contributed by atoms with Crippen LogP contribution in [-0.2, 0) is 10.0 Å². The Balaban J connectivity index is 1.50. The highest BCUT2D eigenvalue weighted by Crippen LogP contribution is 2.47. The van der Waals surface area contributed by atoms with Gasteiger partial charge in [0, 0.05) is 53.7 Å². The van der Waals surface area contributed by atoms with Crippen molar-refractivity contribution in [2.45, 2.75) is 56.0 Å². The molecule has 3 heterocycles. The van der Waals surface area contributed by atoms with Crippen LogP contribution in [0, 0.1) is 17.2 Å². The van der Waals surface area contributed by atoms with Gasteiger partial charge in [-0.25, -0.2) is 18.1 Å². The molecule has 3 aromatic heterocycles. The number of nitriles is 1. The fraction of sp³-hybridized carbons (Fsp3) is 0.323. The number of carbonyl (C=O) groups excluding carboxylic acids is 1. The van der Waals surface area contributed by atoms with Gasteiger partial charge in [0.1, 0.15) is 5.82 Å². The zero-order valence-electron chi connectivity index (χ0n) is 23.3. The molecule has 1 fully saturated rings. The summed E-state index contributed by atoms with van der Waals surface area (Å²) in [6.07, 6.45) is 8.92. The van der Waals surface area contributed by atoms with E-state index in [-0.39, 0.29) is 22.8 Å². The van der Waals surface area contributed by atoms with Gasteiger partial charge in [0.2, 0.25) is 10.0 Å². The van der Waals surface area contributed by atoms with Crippen molar-refractivity contribution in [2.75, 3.05) is 11.9 Å². The first kappa shape index (κ1) is 27.8. The number of sulfonamides is 1. The van der Waals surface area contributed by atoms with Gasteiger partial charge in [0.15, 0.2) is 0 Å². The van der Waals surface area contributed by atoms with E-state index >= 15 is 0 Å². The van der Waals surface area contributed by atoms with Gasteiger partial charge in [-0.3, -0.25) is 14.8 Å². The molecule has 11 heteroatoms. The molecule has 0 radical (unpaired) electrons. The molecule has 3 N–H and O–H groups in total. The van der Waals surface area contributed by atoms with Crippen molar-refractivity contribution in [3.05, 3.63) is 89.1 Å². The Kier molecular flexibility index (Phi) is 7.35. The Bertz CT molecular complexity index is 1820. The van der Waals surface area contributed by atoms with Crippen LogP contribution in [0.15, 0.2) is 66.1 Å². The van der Waals surface area contributed by atoms with Gasteiger partial charge in [0.25, 0.3) is 5.91 Å². The van der Waals surface area contributed by atoms with Gasteiger partial charge in [-0.05, 0) is 72.7 Å². The highest BCUT2D eigenvalue weighted by Gasteiger charge is 2.37. The summed E-state index contributed by atoms with van der Waals surface area (Å²) in [4.78, 5) is 26.6. The normalized spacial score (nSPS) is 18.0. The monoisotopic (exact) mass is 581 g/mol. The topological polar surface area (TPSA) is 150 Å². The molecule has 6 rings (SSSR count). The maximum atomic E-state index is 13.8.